The third-order valence-corrected chi connectivity index (χ3v) is 3.94. The summed E-state index contributed by atoms with van der Waals surface area (Å²) in [4.78, 5) is 4.43. The minimum Gasteiger partial charge on any atom is -0.348 e. The summed E-state index contributed by atoms with van der Waals surface area (Å²) in [5.41, 5.74) is 2.58. The Kier molecular flexibility index (Phi) is 5.16. The van der Waals surface area contributed by atoms with Crippen LogP contribution in [0.25, 0.3) is 11.3 Å². The topological polar surface area (TPSA) is 31.4 Å². The van der Waals surface area contributed by atoms with E-state index in [1.54, 1.807) is 18.3 Å². The first-order valence-corrected chi connectivity index (χ1v) is 7.82. The van der Waals surface area contributed by atoms with Crippen LogP contribution in [0.5, 0.6) is 0 Å². The number of ether oxygens (including phenoxy) is 2. The second kappa shape index (κ2) is 7.49. The van der Waals surface area contributed by atoms with E-state index >= 15 is 0 Å². The average molecular weight is 313 g/mol. The number of benzene rings is 1. The number of aromatic nitrogens is 1. The lowest BCUT2D eigenvalue weighted by Gasteiger charge is -2.29. The van der Waals surface area contributed by atoms with E-state index in [1.807, 2.05) is 18.2 Å². The molecule has 1 aliphatic heterocycles. The van der Waals surface area contributed by atoms with Crippen LogP contribution in [0.15, 0.2) is 55.3 Å². The average Bonchev–Trinajstić information content (AvgIpc) is 2.61. The third-order valence-electron chi connectivity index (χ3n) is 3.94. The quantitative estimate of drug-likeness (QED) is 0.761. The third kappa shape index (κ3) is 4.03. The molecule has 0 spiro atoms. The highest BCUT2D eigenvalue weighted by molar-refractivity contribution is 5.58. The van der Waals surface area contributed by atoms with E-state index in [2.05, 4.69) is 11.6 Å². The normalized spacial score (nSPS) is 21.1. The molecule has 0 radical (unpaired) electrons. The predicted octanol–water partition coefficient (Wildman–Crippen LogP) is 4.52. The predicted molar refractivity (Wildman–Crippen MR) is 87.2 cm³/mol. The summed E-state index contributed by atoms with van der Waals surface area (Å²) in [6.45, 7) is 5.12. The molecule has 23 heavy (non-hydrogen) atoms. The van der Waals surface area contributed by atoms with Crippen LogP contribution in [-0.4, -0.2) is 18.2 Å². The Labute approximate surface area is 135 Å². The molecule has 0 amide bonds. The second-order valence-corrected chi connectivity index (χ2v) is 5.71. The van der Waals surface area contributed by atoms with Crippen molar-refractivity contribution in [2.24, 2.45) is 5.92 Å². The molecular weight excluding hydrogens is 293 g/mol. The molecule has 1 aromatic carbocycles. The van der Waals surface area contributed by atoms with Gasteiger partial charge in [0.1, 0.15) is 5.82 Å². The first kappa shape index (κ1) is 15.8. The van der Waals surface area contributed by atoms with Crippen LogP contribution in [0.2, 0.25) is 0 Å². The molecule has 0 aliphatic carbocycles. The number of nitrogens with zero attached hydrogens (tertiary/aromatic N) is 1. The van der Waals surface area contributed by atoms with Gasteiger partial charge in [0.15, 0.2) is 6.29 Å². The summed E-state index contributed by atoms with van der Waals surface area (Å²) in [5, 5.41) is 0. The Morgan fingerprint density at radius 2 is 1.87 bits per heavy atom. The fourth-order valence-corrected chi connectivity index (χ4v) is 2.59. The summed E-state index contributed by atoms with van der Waals surface area (Å²) < 4.78 is 24.5. The van der Waals surface area contributed by atoms with Gasteiger partial charge in [-0.15, -0.1) is 6.58 Å². The van der Waals surface area contributed by atoms with Crippen molar-refractivity contribution >= 4 is 0 Å². The lowest BCUT2D eigenvalue weighted by molar-refractivity contribution is -0.205. The molecule has 1 aromatic heterocycles. The van der Waals surface area contributed by atoms with Gasteiger partial charge in [0, 0.05) is 23.2 Å². The van der Waals surface area contributed by atoms with Gasteiger partial charge in [0.25, 0.3) is 0 Å². The molecule has 3 nitrogen and oxygen atoms in total. The first-order valence-electron chi connectivity index (χ1n) is 7.82. The SMILES string of the molecule is C=CCCC1COC(c2ccc(-c3ccc(F)cc3)nc2)OC1. The van der Waals surface area contributed by atoms with Gasteiger partial charge in [-0.1, -0.05) is 12.1 Å². The minimum atomic E-state index is -0.357. The second-order valence-electron chi connectivity index (χ2n) is 5.71. The maximum atomic E-state index is 13.0. The molecule has 120 valence electrons. The number of rotatable bonds is 5. The van der Waals surface area contributed by atoms with E-state index in [0.717, 1.165) is 29.7 Å². The standard InChI is InChI=1S/C19H20FNO2/c1-2-3-4-14-12-22-19(23-13-14)16-7-10-18(21-11-16)15-5-8-17(20)9-6-15/h2,5-11,14,19H,1,3-4,12-13H2. The monoisotopic (exact) mass is 313 g/mol. The van der Waals surface area contributed by atoms with E-state index in [1.165, 1.54) is 12.1 Å². The van der Waals surface area contributed by atoms with Gasteiger partial charge >= 0.3 is 0 Å². The van der Waals surface area contributed by atoms with Gasteiger partial charge < -0.3 is 9.47 Å². The summed E-state index contributed by atoms with van der Waals surface area (Å²) in [6.07, 6.45) is 5.34. The number of hydrogen-bond acceptors (Lipinski definition) is 3. The highest BCUT2D eigenvalue weighted by Crippen LogP contribution is 2.27. The first-order chi connectivity index (χ1) is 11.3. The fraction of sp³-hybridized carbons (Fsp3) is 0.316. The van der Waals surface area contributed by atoms with Crippen LogP contribution in [-0.2, 0) is 9.47 Å². The number of allylic oxidation sites excluding steroid dienone is 1. The molecule has 2 heterocycles. The molecule has 1 aliphatic rings. The molecule has 2 aromatic rings. The van der Waals surface area contributed by atoms with Crippen LogP contribution in [0.4, 0.5) is 4.39 Å². The molecule has 1 fully saturated rings. The zero-order valence-electron chi connectivity index (χ0n) is 13.0. The smallest absolute Gasteiger partial charge is 0.185 e. The Morgan fingerprint density at radius 3 is 2.48 bits per heavy atom. The van der Waals surface area contributed by atoms with Crippen molar-refractivity contribution in [3.63, 3.8) is 0 Å². The van der Waals surface area contributed by atoms with Gasteiger partial charge in [-0.05, 0) is 43.2 Å². The van der Waals surface area contributed by atoms with E-state index < -0.39 is 0 Å². The fourth-order valence-electron chi connectivity index (χ4n) is 2.59. The Bertz CT molecular complexity index is 631. The highest BCUT2D eigenvalue weighted by Gasteiger charge is 2.23. The Morgan fingerprint density at radius 1 is 1.13 bits per heavy atom. The molecule has 0 bridgehead atoms. The van der Waals surface area contributed by atoms with Crippen molar-refractivity contribution in [2.75, 3.05) is 13.2 Å². The van der Waals surface area contributed by atoms with Gasteiger partial charge in [0.05, 0.1) is 18.9 Å². The van der Waals surface area contributed by atoms with Crippen molar-refractivity contribution in [3.8, 4) is 11.3 Å². The number of hydrogen-bond donors (Lipinski definition) is 0. The molecule has 3 rings (SSSR count). The summed E-state index contributed by atoms with van der Waals surface area (Å²) in [6, 6.07) is 10.1. The van der Waals surface area contributed by atoms with E-state index in [0.29, 0.717) is 19.1 Å². The minimum absolute atomic E-state index is 0.250. The molecular formula is C19H20FNO2. The van der Waals surface area contributed by atoms with Crippen LogP contribution in [0.3, 0.4) is 0 Å². The van der Waals surface area contributed by atoms with Crippen LogP contribution in [0.1, 0.15) is 24.7 Å². The van der Waals surface area contributed by atoms with Crippen molar-refractivity contribution in [2.45, 2.75) is 19.1 Å². The molecule has 0 atom stereocenters. The molecule has 0 saturated carbocycles. The lowest BCUT2D eigenvalue weighted by atomic mass is 10.0. The summed E-state index contributed by atoms with van der Waals surface area (Å²) in [5.74, 6) is 0.177. The van der Waals surface area contributed by atoms with Crippen molar-refractivity contribution < 1.29 is 13.9 Å². The molecule has 4 heteroatoms. The zero-order valence-corrected chi connectivity index (χ0v) is 13.0. The van der Waals surface area contributed by atoms with Crippen molar-refractivity contribution in [1.82, 2.24) is 4.98 Å². The van der Waals surface area contributed by atoms with Crippen molar-refractivity contribution in [1.29, 1.82) is 0 Å². The van der Waals surface area contributed by atoms with E-state index in [9.17, 15) is 4.39 Å². The molecule has 1 saturated heterocycles. The Balaban J connectivity index is 1.62. The highest BCUT2D eigenvalue weighted by atomic mass is 19.1. The van der Waals surface area contributed by atoms with E-state index in [-0.39, 0.29) is 12.1 Å². The van der Waals surface area contributed by atoms with Gasteiger partial charge in [0.2, 0.25) is 0 Å². The maximum absolute atomic E-state index is 13.0. The van der Waals surface area contributed by atoms with Gasteiger partial charge in [-0.25, -0.2) is 4.39 Å². The Hall–Kier alpha value is -2.04. The van der Waals surface area contributed by atoms with Crippen LogP contribution < -0.4 is 0 Å². The van der Waals surface area contributed by atoms with Crippen LogP contribution in [0, 0.1) is 11.7 Å². The zero-order chi connectivity index (χ0) is 16.1. The lowest BCUT2D eigenvalue weighted by Crippen LogP contribution is -2.27. The maximum Gasteiger partial charge on any atom is 0.185 e. The van der Waals surface area contributed by atoms with Gasteiger partial charge in [-0.2, -0.15) is 0 Å². The number of pyridine rings is 1. The molecule has 0 unspecified atom stereocenters. The summed E-state index contributed by atoms with van der Waals surface area (Å²) >= 11 is 0. The number of halogens is 1. The largest absolute Gasteiger partial charge is 0.348 e. The van der Waals surface area contributed by atoms with Crippen molar-refractivity contribution in [3.05, 3.63) is 66.6 Å². The van der Waals surface area contributed by atoms with Gasteiger partial charge in [-0.3, -0.25) is 4.98 Å². The summed E-state index contributed by atoms with van der Waals surface area (Å²) in [7, 11) is 0. The van der Waals surface area contributed by atoms with Crippen LogP contribution >= 0.6 is 0 Å². The van der Waals surface area contributed by atoms with E-state index in [4.69, 9.17) is 9.47 Å². The molecule has 0 N–H and O–H groups in total.